The lowest BCUT2D eigenvalue weighted by molar-refractivity contribution is 0.214. The summed E-state index contributed by atoms with van der Waals surface area (Å²) in [6, 6.07) is 17.2. The average molecular weight is 645 g/mol. The van der Waals surface area contributed by atoms with Crippen LogP contribution in [0.3, 0.4) is 0 Å². The Bertz CT molecular complexity index is 1260. The van der Waals surface area contributed by atoms with Crippen molar-refractivity contribution in [3.8, 4) is 0 Å². The summed E-state index contributed by atoms with van der Waals surface area (Å²) in [4.78, 5) is 2.52. The highest BCUT2D eigenvalue weighted by Crippen LogP contribution is 2.44. The number of fused-ring (bicyclic) bond motifs is 1. The van der Waals surface area contributed by atoms with Crippen LogP contribution in [0.15, 0.2) is 108 Å². The van der Waals surface area contributed by atoms with Crippen molar-refractivity contribution >= 4 is 27.1 Å². The molecule has 0 saturated carbocycles. The van der Waals surface area contributed by atoms with Crippen LogP contribution in [0.1, 0.15) is 109 Å². The standard InChI is InChI=1S/C19H25N.C14H18.C6H9Br.C2H6/c1-4-16-9-11-20(12-10-16)15(3)19-13-14(2)17-7-5-6-8-18(17)19;1-5-13-8-6-7-9-14(13)12(4)10-11(2)3;1-4-6(7)5(2)3;1-2/h5-8,16,19H,2-4,9-13H2,1H3;6-10H,4-5H2,1-3H3;4H,1H2,2-3H3;1-2H3. The molecular weight excluding hydrogens is 586 g/mol. The molecule has 2 aromatic rings. The lowest BCUT2D eigenvalue weighted by Crippen LogP contribution is -2.34. The summed E-state index contributed by atoms with van der Waals surface area (Å²) in [7, 11) is 0. The second kappa shape index (κ2) is 20.2. The van der Waals surface area contributed by atoms with Gasteiger partial charge in [-0.25, -0.2) is 0 Å². The molecule has 1 unspecified atom stereocenters. The van der Waals surface area contributed by atoms with Crippen molar-refractivity contribution < 1.29 is 0 Å². The van der Waals surface area contributed by atoms with Crippen LogP contribution in [-0.2, 0) is 6.42 Å². The van der Waals surface area contributed by atoms with Gasteiger partial charge in [-0.3, -0.25) is 0 Å². The number of halogens is 1. The highest BCUT2D eigenvalue weighted by Gasteiger charge is 2.30. The van der Waals surface area contributed by atoms with Gasteiger partial charge >= 0.3 is 0 Å². The van der Waals surface area contributed by atoms with Crippen molar-refractivity contribution in [1.82, 2.24) is 4.90 Å². The van der Waals surface area contributed by atoms with Crippen molar-refractivity contribution in [2.24, 2.45) is 5.92 Å². The van der Waals surface area contributed by atoms with Crippen LogP contribution in [0.25, 0.3) is 11.1 Å². The van der Waals surface area contributed by atoms with E-state index in [-0.39, 0.29) is 0 Å². The van der Waals surface area contributed by atoms with E-state index in [0.29, 0.717) is 5.92 Å². The van der Waals surface area contributed by atoms with Crippen LogP contribution in [0, 0.1) is 5.92 Å². The molecule has 1 atom stereocenters. The molecular formula is C41H58BrN. The molecule has 1 saturated heterocycles. The number of rotatable bonds is 7. The summed E-state index contributed by atoms with van der Waals surface area (Å²) in [5, 5.41) is 0. The normalized spacial score (nSPS) is 15.2. The molecule has 0 N–H and O–H groups in total. The van der Waals surface area contributed by atoms with Gasteiger partial charge < -0.3 is 4.90 Å². The number of allylic oxidation sites excluding steroid dienone is 8. The van der Waals surface area contributed by atoms with E-state index in [1.165, 1.54) is 77.0 Å². The van der Waals surface area contributed by atoms with Gasteiger partial charge in [0.1, 0.15) is 0 Å². The first-order valence-corrected chi connectivity index (χ1v) is 16.9. The molecule has 2 aliphatic rings. The monoisotopic (exact) mass is 643 g/mol. The third-order valence-corrected chi connectivity index (χ3v) is 9.15. The zero-order valence-corrected chi connectivity index (χ0v) is 30.1. The maximum atomic E-state index is 4.43. The molecule has 234 valence electrons. The third-order valence-electron chi connectivity index (χ3n) is 8.03. The van der Waals surface area contributed by atoms with Crippen LogP contribution in [0.4, 0.5) is 0 Å². The van der Waals surface area contributed by atoms with Crippen LogP contribution >= 0.6 is 15.9 Å². The summed E-state index contributed by atoms with van der Waals surface area (Å²) < 4.78 is 1.09. The minimum atomic E-state index is 0.455. The maximum absolute atomic E-state index is 4.43. The largest absolute Gasteiger partial charge is 0.375 e. The Morgan fingerprint density at radius 3 is 2.02 bits per heavy atom. The molecule has 1 aliphatic heterocycles. The van der Waals surface area contributed by atoms with E-state index >= 15 is 0 Å². The zero-order valence-electron chi connectivity index (χ0n) is 28.5. The summed E-state index contributed by atoms with van der Waals surface area (Å²) in [6.07, 6.45) is 10.0. The smallest absolute Gasteiger partial charge is 0.0280 e. The second-order valence-electron chi connectivity index (χ2n) is 11.6. The Labute approximate surface area is 274 Å². The number of likely N-dealkylation sites (tertiary alicyclic amines) is 1. The molecule has 1 nitrogen and oxygen atoms in total. The van der Waals surface area contributed by atoms with Gasteiger partial charge in [-0.05, 0) is 92.7 Å². The van der Waals surface area contributed by atoms with Gasteiger partial charge in [-0.15, -0.1) is 0 Å². The molecule has 4 rings (SSSR count). The Kier molecular flexibility index (Phi) is 17.9. The third kappa shape index (κ3) is 12.0. The van der Waals surface area contributed by atoms with E-state index in [9.17, 15) is 0 Å². The topological polar surface area (TPSA) is 3.24 Å². The van der Waals surface area contributed by atoms with E-state index in [0.717, 1.165) is 28.8 Å². The second-order valence-corrected chi connectivity index (χ2v) is 12.4. The van der Waals surface area contributed by atoms with E-state index < -0.39 is 0 Å². The predicted octanol–water partition coefficient (Wildman–Crippen LogP) is 12.9. The number of benzene rings is 2. The fraction of sp³-hybridized carbons (Fsp3) is 0.415. The SMILES string of the molecule is C=C(C=C(C)C)c1ccccc1CC.C=C1CC(C(=C)N2CCC(CC)CC2)c2ccccc21.C=CC(Br)=C(C)C.CC. The average Bonchev–Trinajstić information content (AvgIpc) is 3.37. The molecule has 43 heavy (non-hydrogen) atoms. The van der Waals surface area contributed by atoms with Gasteiger partial charge in [-0.1, -0.05) is 148 Å². The number of nitrogens with zero attached hydrogens (tertiary/aromatic N) is 1. The first kappa shape index (κ1) is 38.2. The Balaban J connectivity index is 0.000000351. The zero-order chi connectivity index (χ0) is 32.5. The van der Waals surface area contributed by atoms with Crippen molar-refractivity contribution in [2.45, 2.75) is 93.4 Å². The number of piperidine rings is 1. The Morgan fingerprint density at radius 1 is 0.930 bits per heavy atom. The molecule has 0 amide bonds. The minimum absolute atomic E-state index is 0.455. The lowest BCUT2D eigenvalue weighted by Gasteiger charge is -2.36. The summed E-state index contributed by atoms with van der Waals surface area (Å²) in [5.74, 6) is 1.38. The summed E-state index contributed by atoms with van der Waals surface area (Å²) in [5.41, 5.74) is 11.7. The molecule has 1 heterocycles. The van der Waals surface area contributed by atoms with Gasteiger partial charge in [0.05, 0.1) is 0 Å². The highest BCUT2D eigenvalue weighted by molar-refractivity contribution is 9.11. The van der Waals surface area contributed by atoms with Crippen LogP contribution in [0.5, 0.6) is 0 Å². The number of aryl methyl sites for hydroxylation is 1. The molecule has 0 bridgehead atoms. The fourth-order valence-corrected chi connectivity index (χ4v) is 5.51. The minimum Gasteiger partial charge on any atom is -0.375 e. The molecule has 2 heteroatoms. The van der Waals surface area contributed by atoms with Gasteiger partial charge in [-0.2, -0.15) is 0 Å². The van der Waals surface area contributed by atoms with Crippen molar-refractivity contribution in [1.29, 1.82) is 0 Å². The molecule has 0 spiro atoms. The number of hydrogen-bond acceptors (Lipinski definition) is 1. The van der Waals surface area contributed by atoms with Crippen molar-refractivity contribution in [3.05, 3.63) is 131 Å². The Hall–Kier alpha value is -2.84. The molecule has 0 radical (unpaired) electrons. The van der Waals surface area contributed by atoms with E-state index in [1.807, 2.05) is 27.7 Å². The van der Waals surface area contributed by atoms with Crippen LogP contribution in [-0.4, -0.2) is 18.0 Å². The maximum Gasteiger partial charge on any atom is 0.0280 e. The number of hydrogen-bond donors (Lipinski definition) is 0. The van der Waals surface area contributed by atoms with Crippen LogP contribution in [0.2, 0.25) is 0 Å². The van der Waals surface area contributed by atoms with E-state index in [1.54, 1.807) is 6.08 Å². The quantitative estimate of drug-likeness (QED) is 0.271. The summed E-state index contributed by atoms with van der Waals surface area (Å²) in [6.45, 7) is 35.5. The van der Waals surface area contributed by atoms with Crippen molar-refractivity contribution in [2.75, 3.05) is 13.1 Å². The lowest BCUT2D eigenvalue weighted by atomic mass is 9.91. The van der Waals surface area contributed by atoms with Crippen LogP contribution < -0.4 is 0 Å². The summed E-state index contributed by atoms with van der Waals surface area (Å²) >= 11 is 3.30. The molecule has 1 aliphatic carbocycles. The van der Waals surface area contributed by atoms with Crippen molar-refractivity contribution in [3.63, 3.8) is 0 Å². The predicted molar refractivity (Wildman–Crippen MR) is 200 cm³/mol. The first-order valence-electron chi connectivity index (χ1n) is 16.1. The molecule has 0 aromatic heterocycles. The van der Waals surface area contributed by atoms with Gasteiger partial charge in [0.15, 0.2) is 0 Å². The Morgan fingerprint density at radius 2 is 1.51 bits per heavy atom. The first-order chi connectivity index (χ1) is 20.5. The van der Waals surface area contributed by atoms with E-state index in [4.69, 9.17) is 0 Å². The van der Waals surface area contributed by atoms with Gasteiger partial charge in [0.2, 0.25) is 0 Å². The van der Waals surface area contributed by atoms with Gasteiger partial charge in [0, 0.05) is 29.2 Å². The van der Waals surface area contributed by atoms with E-state index in [2.05, 4.69) is 129 Å². The molecule has 2 aromatic carbocycles. The molecule has 1 fully saturated rings. The highest BCUT2D eigenvalue weighted by atomic mass is 79.9. The fourth-order valence-electron chi connectivity index (χ4n) is 5.51. The van der Waals surface area contributed by atoms with Gasteiger partial charge in [0.25, 0.3) is 0 Å².